The third kappa shape index (κ3) is 4.40. The fourth-order valence-electron chi connectivity index (χ4n) is 1.91. The minimum atomic E-state index is -4.99. The van der Waals surface area contributed by atoms with E-state index in [1.165, 1.54) is 6.07 Å². The summed E-state index contributed by atoms with van der Waals surface area (Å²) in [5, 5.41) is 10.7. The average Bonchev–Trinajstić information content (AvgIpc) is 2.28. The summed E-state index contributed by atoms with van der Waals surface area (Å²) in [4.78, 5) is 10.4. The number of benzene rings is 1. The van der Waals surface area contributed by atoms with E-state index < -0.39 is 24.0 Å². The molecule has 1 fully saturated rings. The Balaban J connectivity index is 1.93. The van der Waals surface area contributed by atoms with Crippen molar-refractivity contribution in [2.24, 2.45) is 0 Å². The lowest BCUT2D eigenvalue weighted by molar-refractivity contribution is -0.275. The number of carboxylic acid groups (broad SMARTS) is 1. The van der Waals surface area contributed by atoms with E-state index >= 15 is 0 Å². The number of hydrogen-bond donors (Lipinski definition) is 2. The first kappa shape index (κ1) is 15.2. The summed E-state index contributed by atoms with van der Waals surface area (Å²) in [7, 11) is 0. The highest BCUT2D eigenvalue weighted by Gasteiger charge is 2.34. The minimum Gasteiger partial charge on any atom is -0.490 e. The van der Waals surface area contributed by atoms with Crippen molar-refractivity contribution in [3.05, 3.63) is 24.0 Å². The van der Waals surface area contributed by atoms with Gasteiger partial charge in [-0.3, -0.25) is 0 Å². The zero-order valence-electron chi connectivity index (χ0n) is 10.5. The van der Waals surface area contributed by atoms with Gasteiger partial charge in [0.15, 0.2) is 11.6 Å². The molecule has 5 nitrogen and oxygen atoms in total. The predicted molar refractivity (Wildman–Crippen MR) is 61.7 cm³/mol. The molecule has 0 heterocycles. The molecule has 1 aromatic rings. The molecule has 1 saturated carbocycles. The Bertz CT molecular complexity index is 528. The Labute approximate surface area is 116 Å². The van der Waals surface area contributed by atoms with Crippen LogP contribution in [0.5, 0.6) is 11.5 Å². The normalized spacial score (nSPS) is 21.3. The molecule has 21 heavy (non-hydrogen) atoms. The second-order valence-corrected chi connectivity index (χ2v) is 4.50. The van der Waals surface area contributed by atoms with E-state index in [9.17, 15) is 22.4 Å². The molecule has 0 atom stereocenters. The van der Waals surface area contributed by atoms with Crippen molar-refractivity contribution in [2.45, 2.75) is 31.3 Å². The lowest BCUT2D eigenvalue weighted by Crippen LogP contribution is -2.48. The number of alkyl halides is 3. The highest BCUT2D eigenvalue weighted by atomic mass is 19.4. The Morgan fingerprint density at radius 3 is 2.57 bits per heavy atom. The number of carbonyl (C=O) groups is 1. The molecule has 9 heteroatoms. The summed E-state index contributed by atoms with van der Waals surface area (Å²) < 4.78 is 58.3. The average molecular weight is 309 g/mol. The molecule has 1 aliphatic rings. The first-order chi connectivity index (χ1) is 9.73. The van der Waals surface area contributed by atoms with Crippen LogP contribution >= 0.6 is 0 Å². The van der Waals surface area contributed by atoms with E-state index in [1.807, 2.05) is 0 Å². The lowest BCUT2D eigenvalue weighted by Gasteiger charge is -2.35. The molecule has 0 aliphatic heterocycles. The second-order valence-electron chi connectivity index (χ2n) is 4.50. The molecule has 116 valence electrons. The van der Waals surface area contributed by atoms with Crippen molar-refractivity contribution in [1.82, 2.24) is 5.32 Å². The fourth-order valence-corrected chi connectivity index (χ4v) is 1.91. The van der Waals surface area contributed by atoms with Crippen molar-refractivity contribution in [3.63, 3.8) is 0 Å². The first-order valence-electron chi connectivity index (χ1n) is 5.94. The molecule has 0 aromatic heterocycles. The number of amides is 1. The predicted octanol–water partition coefficient (Wildman–Crippen LogP) is 2.90. The van der Waals surface area contributed by atoms with Crippen LogP contribution in [0.1, 0.15) is 12.8 Å². The summed E-state index contributed by atoms with van der Waals surface area (Å²) in [5.74, 6) is -2.10. The molecule has 1 amide bonds. The maximum absolute atomic E-state index is 13.2. The summed E-state index contributed by atoms with van der Waals surface area (Å²) in [6.07, 6.45) is -5.71. The van der Waals surface area contributed by atoms with E-state index in [4.69, 9.17) is 9.84 Å². The number of halogens is 4. The van der Waals surface area contributed by atoms with Crippen LogP contribution in [-0.2, 0) is 0 Å². The molecule has 0 radical (unpaired) electrons. The van der Waals surface area contributed by atoms with Crippen molar-refractivity contribution < 1.29 is 36.9 Å². The SMILES string of the molecule is O=C(O)NC1CC(Oc2ccc(F)c(OC(F)(F)F)c2)C1. The van der Waals surface area contributed by atoms with E-state index in [-0.39, 0.29) is 17.9 Å². The van der Waals surface area contributed by atoms with Gasteiger partial charge < -0.3 is 19.9 Å². The molecule has 0 bridgehead atoms. The number of ether oxygens (including phenoxy) is 2. The van der Waals surface area contributed by atoms with Crippen molar-refractivity contribution in [1.29, 1.82) is 0 Å². The molecule has 2 rings (SSSR count). The summed E-state index contributed by atoms with van der Waals surface area (Å²) in [6.45, 7) is 0. The quantitative estimate of drug-likeness (QED) is 0.839. The summed E-state index contributed by atoms with van der Waals surface area (Å²) in [5.41, 5.74) is 0. The van der Waals surface area contributed by atoms with Gasteiger partial charge in [0.2, 0.25) is 0 Å². The van der Waals surface area contributed by atoms with Crippen LogP contribution in [0, 0.1) is 5.82 Å². The van der Waals surface area contributed by atoms with Gasteiger partial charge in [-0.25, -0.2) is 9.18 Å². The van der Waals surface area contributed by atoms with Gasteiger partial charge in [-0.15, -0.1) is 13.2 Å². The Hall–Kier alpha value is -2.19. The van der Waals surface area contributed by atoms with Crippen LogP contribution in [0.25, 0.3) is 0 Å². The van der Waals surface area contributed by atoms with Gasteiger partial charge in [0, 0.05) is 24.9 Å². The molecule has 1 aliphatic carbocycles. The van der Waals surface area contributed by atoms with Crippen molar-refractivity contribution >= 4 is 6.09 Å². The van der Waals surface area contributed by atoms with Gasteiger partial charge in [-0.2, -0.15) is 0 Å². The molecule has 1 aromatic carbocycles. The molecular formula is C12H11F4NO4. The standard InChI is InChI=1S/C12H11F4NO4/c13-9-2-1-7(5-10(9)21-12(14,15)16)20-8-3-6(4-8)17-11(18)19/h1-2,5-6,8,17H,3-4H2,(H,18,19). The molecule has 2 N–H and O–H groups in total. The van der Waals surface area contributed by atoms with Gasteiger partial charge in [-0.1, -0.05) is 0 Å². The maximum Gasteiger partial charge on any atom is 0.573 e. The fraction of sp³-hybridized carbons (Fsp3) is 0.417. The van der Waals surface area contributed by atoms with Gasteiger partial charge in [-0.05, 0) is 12.1 Å². The Morgan fingerprint density at radius 2 is 2.00 bits per heavy atom. The van der Waals surface area contributed by atoms with Crippen LogP contribution in [0.3, 0.4) is 0 Å². The number of hydrogen-bond acceptors (Lipinski definition) is 3. The van der Waals surface area contributed by atoms with Crippen LogP contribution in [0.2, 0.25) is 0 Å². The van der Waals surface area contributed by atoms with Gasteiger partial charge in [0.05, 0.1) is 0 Å². The van der Waals surface area contributed by atoms with E-state index in [1.54, 1.807) is 0 Å². The van der Waals surface area contributed by atoms with Crippen LogP contribution in [-0.4, -0.2) is 29.7 Å². The van der Waals surface area contributed by atoms with Crippen molar-refractivity contribution in [2.75, 3.05) is 0 Å². The molecule has 0 saturated heterocycles. The van der Waals surface area contributed by atoms with Gasteiger partial charge >= 0.3 is 12.5 Å². The Kier molecular flexibility index (Phi) is 4.10. The first-order valence-corrected chi connectivity index (χ1v) is 5.94. The zero-order chi connectivity index (χ0) is 15.6. The van der Waals surface area contributed by atoms with Gasteiger partial charge in [0.1, 0.15) is 11.9 Å². The number of nitrogens with one attached hydrogen (secondary N) is 1. The maximum atomic E-state index is 13.2. The zero-order valence-corrected chi connectivity index (χ0v) is 10.5. The van der Waals surface area contributed by atoms with E-state index in [0.717, 1.165) is 12.1 Å². The lowest BCUT2D eigenvalue weighted by atomic mass is 9.89. The van der Waals surface area contributed by atoms with Crippen molar-refractivity contribution in [3.8, 4) is 11.5 Å². The third-order valence-electron chi connectivity index (χ3n) is 2.85. The minimum absolute atomic E-state index is 0.0226. The molecule has 0 unspecified atom stereocenters. The second kappa shape index (κ2) is 5.66. The van der Waals surface area contributed by atoms with Gasteiger partial charge in [0.25, 0.3) is 0 Å². The van der Waals surface area contributed by atoms with Crippen LogP contribution in [0.15, 0.2) is 18.2 Å². The topological polar surface area (TPSA) is 67.8 Å². The molecular weight excluding hydrogens is 298 g/mol. The van der Waals surface area contributed by atoms with Crippen LogP contribution < -0.4 is 14.8 Å². The third-order valence-corrected chi connectivity index (χ3v) is 2.85. The number of rotatable bonds is 4. The summed E-state index contributed by atoms with van der Waals surface area (Å²) >= 11 is 0. The van der Waals surface area contributed by atoms with E-state index in [2.05, 4.69) is 10.1 Å². The Morgan fingerprint density at radius 1 is 1.33 bits per heavy atom. The highest BCUT2D eigenvalue weighted by molar-refractivity contribution is 5.65. The largest absolute Gasteiger partial charge is 0.573 e. The molecule has 0 spiro atoms. The highest BCUT2D eigenvalue weighted by Crippen LogP contribution is 2.32. The summed E-state index contributed by atoms with van der Waals surface area (Å²) in [6, 6.07) is 2.54. The monoisotopic (exact) mass is 309 g/mol. The van der Waals surface area contributed by atoms with E-state index in [0.29, 0.717) is 12.8 Å². The van der Waals surface area contributed by atoms with Crippen LogP contribution in [0.4, 0.5) is 22.4 Å². The smallest absolute Gasteiger partial charge is 0.490 e.